The van der Waals surface area contributed by atoms with Crippen molar-refractivity contribution in [2.75, 3.05) is 11.5 Å². The molecule has 1 heterocycles. The molecular weight excluding hydrogens is 236 g/mol. The zero-order valence-electron chi connectivity index (χ0n) is 6.17. The highest BCUT2D eigenvalue weighted by molar-refractivity contribution is 9.11. The Morgan fingerprint density at radius 3 is 2.75 bits per heavy atom. The fraction of sp³-hybridized carbons (Fsp3) is 0. The highest BCUT2D eigenvalue weighted by Gasteiger charge is 2.04. The average Bonchev–Trinajstić information content (AvgIpc) is 2.39. The van der Waals surface area contributed by atoms with Gasteiger partial charge in [0.15, 0.2) is 0 Å². The Balaban J connectivity index is 2.89. The van der Waals surface area contributed by atoms with E-state index >= 15 is 0 Å². The van der Waals surface area contributed by atoms with Crippen LogP contribution in [0.2, 0.25) is 0 Å². The van der Waals surface area contributed by atoms with Crippen molar-refractivity contribution < 1.29 is 0 Å². The normalized spacial score (nSPS) is 10.8. The van der Waals surface area contributed by atoms with E-state index in [-0.39, 0.29) is 0 Å². The van der Waals surface area contributed by atoms with E-state index in [4.69, 9.17) is 11.5 Å². The summed E-state index contributed by atoms with van der Waals surface area (Å²) in [5.41, 5.74) is 12.8. The van der Waals surface area contributed by atoms with Crippen molar-refractivity contribution in [3.05, 3.63) is 22.0 Å². The van der Waals surface area contributed by atoms with Crippen molar-refractivity contribution in [3.8, 4) is 0 Å². The maximum Gasteiger partial charge on any atom is 0.0711 e. The van der Waals surface area contributed by atoms with E-state index in [0.29, 0.717) is 11.4 Å². The first-order valence-corrected chi connectivity index (χ1v) is 5.02. The van der Waals surface area contributed by atoms with Gasteiger partial charge in [-0.15, -0.1) is 11.3 Å². The summed E-state index contributed by atoms with van der Waals surface area (Å²) in [4.78, 5) is 0. The van der Waals surface area contributed by atoms with Crippen LogP contribution in [0.1, 0.15) is 0 Å². The van der Waals surface area contributed by atoms with Gasteiger partial charge < -0.3 is 11.5 Å². The van der Waals surface area contributed by atoms with Crippen LogP contribution >= 0.6 is 27.3 Å². The number of hydrogen-bond acceptors (Lipinski definition) is 3. The lowest BCUT2D eigenvalue weighted by Crippen LogP contribution is -1.93. The Morgan fingerprint density at radius 1 is 1.25 bits per heavy atom. The number of anilines is 2. The molecule has 12 heavy (non-hydrogen) atoms. The monoisotopic (exact) mass is 242 g/mol. The number of hydrogen-bond donors (Lipinski definition) is 2. The number of rotatable bonds is 0. The van der Waals surface area contributed by atoms with Crippen molar-refractivity contribution in [3.63, 3.8) is 0 Å². The van der Waals surface area contributed by atoms with Crippen molar-refractivity contribution in [1.82, 2.24) is 0 Å². The maximum atomic E-state index is 5.79. The van der Waals surface area contributed by atoms with Gasteiger partial charge in [-0.1, -0.05) is 0 Å². The summed E-state index contributed by atoms with van der Waals surface area (Å²) < 4.78 is 2.24. The van der Waals surface area contributed by atoms with Crippen LogP contribution in [0.3, 0.4) is 0 Å². The second-order valence-electron chi connectivity index (χ2n) is 2.53. The van der Waals surface area contributed by atoms with Gasteiger partial charge in [0.2, 0.25) is 0 Å². The molecule has 0 aliphatic carbocycles. The van der Waals surface area contributed by atoms with Crippen LogP contribution in [0.25, 0.3) is 10.1 Å². The second kappa shape index (κ2) is 2.64. The summed E-state index contributed by atoms with van der Waals surface area (Å²) in [5, 5.41) is 1.03. The Hall–Kier alpha value is -0.740. The lowest BCUT2D eigenvalue weighted by atomic mass is 10.2. The highest BCUT2D eigenvalue weighted by atomic mass is 79.9. The number of thiophene rings is 1. The number of halogens is 1. The maximum absolute atomic E-state index is 5.79. The van der Waals surface area contributed by atoms with Crippen LogP contribution in [0.15, 0.2) is 22.0 Å². The fourth-order valence-electron chi connectivity index (χ4n) is 1.12. The third kappa shape index (κ3) is 1.07. The molecule has 2 rings (SSSR count). The first-order valence-electron chi connectivity index (χ1n) is 3.41. The first-order chi connectivity index (χ1) is 5.68. The van der Waals surface area contributed by atoms with Gasteiger partial charge >= 0.3 is 0 Å². The lowest BCUT2D eigenvalue weighted by molar-refractivity contribution is 1.75. The Morgan fingerprint density at radius 2 is 2.00 bits per heavy atom. The molecule has 0 aliphatic rings. The van der Waals surface area contributed by atoms with Gasteiger partial charge in [0.1, 0.15) is 0 Å². The lowest BCUT2D eigenvalue weighted by Gasteiger charge is -1.99. The topological polar surface area (TPSA) is 52.0 Å². The van der Waals surface area contributed by atoms with E-state index in [1.165, 1.54) is 0 Å². The molecular formula is C8H7BrN2S. The molecule has 0 saturated heterocycles. The fourth-order valence-corrected chi connectivity index (χ4v) is 2.67. The van der Waals surface area contributed by atoms with Gasteiger partial charge in [-0.25, -0.2) is 0 Å². The first kappa shape index (κ1) is 7.89. The van der Waals surface area contributed by atoms with E-state index in [2.05, 4.69) is 15.9 Å². The minimum Gasteiger partial charge on any atom is -0.397 e. The van der Waals surface area contributed by atoms with E-state index < -0.39 is 0 Å². The van der Waals surface area contributed by atoms with Crippen LogP contribution < -0.4 is 11.5 Å². The van der Waals surface area contributed by atoms with E-state index in [1.54, 1.807) is 11.3 Å². The van der Waals surface area contributed by atoms with Gasteiger partial charge in [0, 0.05) is 10.1 Å². The largest absolute Gasteiger partial charge is 0.397 e. The molecule has 4 heteroatoms. The summed E-state index contributed by atoms with van der Waals surface area (Å²) in [6.07, 6.45) is 0. The molecule has 0 saturated carbocycles. The summed E-state index contributed by atoms with van der Waals surface area (Å²) in [6.45, 7) is 0. The number of nitrogen functional groups attached to an aromatic ring is 2. The molecule has 0 spiro atoms. The number of fused-ring (bicyclic) bond motifs is 1. The number of benzene rings is 1. The smallest absolute Gasteiger partial charge is 0.0711 e. The minimum atomic E-state index is 0.646. The van der Waals surface area contributed by atoms with Crippen LogP contribution in [0, 0.1) is 0 Å². The van der Waals surface area contributed by atoms with Crippen LogP contribution in [-0.4, -0.2) is 0 Å². The molecule has 0 amide bonds. The van der Waals surface area contributed by atoms with E-state index in [0.717, 1.165) is 13.9 Å². The van der Waals surface area contributed by atoms with Gasteiger partial charge in [0.05, 0.1) is 15.2 Å². The van der Waals surface area contributed by atoms with Crippen LogP contribution in [0.5, 0.6) is 0 Å². The standard InChI is InChI=1S/C8H7BrN2S/c9-7-3-4-6(12-7)2-1-5(10)8(4)11/h1-3H,10-11H2. The summed E-state index contributed by atoms with van der Waals surface area (Å²) in [5.74, 6) is 0. The molecule has 0 aliphatic heterocycles. The molecule has 2 nitrogen and oxygen atoms in total. The zero-order valence-corrected chi connectivity index (χ0v) is 8.58. The molecule has 62 valence electrons. The highest BCUT2D eigenvalue weighted by Crippen LogP contribution is 2.35. The molecule has 1 aromatic carbocycles. The minimum absolute atomic E-state index is 0.646. The predicted molar refractivity (Wildman–Crippen MR) is 58.3 cm³/mol. The summed E-state index contributed by atoms with van der Waals surface area (Å²) >= 11 is 5.06. The number of nitrogens with two attached hydrogens (primary N) is 2. The van der Waals surface area contributed by atoms with Crippen molar-refractivity contribution in [2.24, 2.45) is 0 Å². The quantitative estimate of drug-likeness (QED) is 0.699. The van der Waals surface area contributed by atoms with Crippen molar-refractivity contribution in [1.29, 1.82) is 0 Å². The second-order valence-corrected chi connectivity index (χ2v) is 4.99. The zero-order chi connectivity index (χ0) is 8.72. The molecule has 2 aromatic rings. The van der Waals surface area contributed by atoms with Crippen molar-refractivity contribution >= 4 is 48.7 Å². The molecule has 0 bridgehead atoms. The van der Waals surface area contributed by atoms with Crippen molar-refractivity contribution in [2.45, 2.75) is 0 Å². The molecule has 0 atom stereocenters. The SMILES string of the molecule is Nc1ccc2sc(Br)cc2c1N. The van der Waals surface area contributed by atoms with Gasteiger partial charge in [-0.05, 0) is 34.1 Å². The predicted octanol–water partition coefficient (Wildman–Crippen LogP) is 2.83. The van der Waals surface area contributed by atoms with Crippen LogP contribution in [-0.2, 0) is 0 Å². The van der Waals surface area contributed by atoms with Gasteiger partial charge in [-0.2, -0.15) is 0 Å². The van der Waals surface area contributed by atoms with E-state index in [9.17, 15) is 0 Å². The molecule has 1 aromatic heterocycles. The van der Waals surface area contributed by atoms with Crippen LogP contribution in [0.4, 0.5) is 11.4 Å². The van der Waals surface area contributed by atoms with Gasteiger partial charge in [0.25, 0.3) is 0 Å². The third-order valence-electron chi connectivity index (χ3n) is 1.75. The molecule has 0 radical (unpaired) electrons. The van der Waals surface area contributed by atoms with Gasteiger partial charge in [-0.3, -0.25) is 0 Å². The molecule has 0 unspecified atom stereocenters. The molecule has 4 N–H and O–H groups in total. The average molecular weight is 243 g/mol. The summed E-state index contributed by atoms with van der Waals surface area (Å²) in [6, 6.07) is 5.81. The Kier molecular flexibility index (Phi) is 1.73. The third-order valence-corrected chi connectivity index (χ3v) is 3.35. The Bertz CT molecular complexity index is 436. The Labute approximate surface area is 82.3 Å². The summed E-state index contributed by atoms with van der Waals surface area (Å²) in [7, 11) is 0. The van der Waals surface area contributed by atoms with E-state index in [1.807, 2.05) is 18.2 Å². The molecule has 0 fully saturated rings.